The topological polar surface area (TPSA) is 103 Å². The van der Waals surface area contributed by atoms with Gasteiger partial charge >= 0.3 is 0 Å². The van der Waals surface area contributed by atoms with Gasteiger partial charge in [0.1, 0.15) is 28.7 Å². The minimum atomic E-state index is -0.610. The number of rotatable bonds is 6. The molecule has 5 aromatic rings. The van der Waals surface area contributed by atoms with Crippen molar-refractivity contribution < 1.29 is 13.6 Å². The maximum Gasteiger partial charge on any atom is 0.267 e. The number of hydrogen-bond donors (Lipinski definition) is 2. The number of carbonyl (C=O) groups excluding carboxylic acids is 1. The normalized spacial score (nSPS) is 11.1. The zero-order valence-electron chi connectivity index (χ0n) is 18.0. The molecule has 10 heteroatoms. The van der Waals surface area contributed by atoms with Gasteiger partial charge in [0.15, 0.2) is 5.82 Å². The number of carbonyl (C=O) groups is 1. The molecule has 1 aromatic carbocycles. The second kappa shape index (κ2) is 8.39. The standard InChI is InChI=1S/C24H19F2N7O/c1-14-17(25)7-8-20(30-14)24-31-15(10-28-19-5-3-2-4-18(19)26)12-32(24)16-6-9-22-29-11-21(23(27)34)33(22)13-16/h2-9,11-13,28H,10H2,1H3,(H2,27,34). The zero-order chi connectivity index (χ0) is 23.8. The second-order valence-corrected chi connectivity index (χ2v) is 7.65. The summed E-state index contributed by atoms with van der Waals surface area (Å²) in [6.45, 7) is 1.81. The second-order valence-electron chi connectivity index (χ2n) is 7.65. The molecule has 1 amide bonds. The van der Waals surface area contributed by atoms with Crippen molar-refractivity contribution in [3.05, 3.63) is 95.8 Å². The third-order valence-corrected chi connectivity index (χ3v) is 5.36. The molecule has 0 spiro atoms. The van der Waals surface area contributed by atoms with Gasteiger partial charge in [0.25, 0.3) is 5.91 Å². The number of halogens is 2. The summed E-state index contributed by atoms with van der Waals surface area (Å²) in [4.78, 5) is 25.0. The first-order valence-electron chi connectivity index (χ1n) is 10.4. The molecule has 8 nitrogen and oxygen atoms in total. The maximum atomic E-state index is 14.0. The third-order valence-electron chi connectivity index (χ3n) is 5.36. The van der Waals surface area contributed by atoms with Gasteiger partial charge in [-0.25, -0.2) is 23.7 Å². The maximum absolute atomic E-state index is 14.0. The molecular weight excluding hydrogens is 440 g/mol. The lowest BCUT2D eigenvalue weighted by atomic mass is 10.3. The Labute approximate surface area is 192 Å². The number of anilines is 1. The Kier molecular flexibility index (Phi) is 5.25. The van der Waals surface area contributed by atoms with Crippen molar-refractivity contribution in [1.82, 2.24) is 23.9 Å². The van der Waals surface area contributed by atoms with E-state index < -0.39 is 11.7 Å². The predicted molar refractivity (Wildman–Crippen MR) is 122 cm³/mol. The van der Waals surface area contributed by atoms with E-state index in [1.54, 1.807) is 58.6 Å². The van der Waals surface area contributed by atoms with Crippen molar-refractivity contribution >= 4 is 17.2 Å². The molecule has 0 fully saturated rings. The third kappa shape index (κ3) is 3.85. The van der Waals surface area contributed by atoms with E-state index in [4.69, 9.17) is 5.73 Å². The number of nitrogens with one attached hydrogen (secondary N) is 1. The highest BCUT2D eigenvalue weighted by molar-refractivity contribution is 5.91. The SMILES string of the molecule is Cc1nc(-c2nc(CNc3ccccc3F)cn2-c2ccc3ncc(C(N)=O)n3c2)ccc1F. The molecule has 0 atom stereocenters. The number of aryl methyl sites for hydroxylation is 1. The number of benzene rings is 1. The lowest BCUT2D eigenvalue weighted by Gasteiger charge is -2.09. The first-order chi connectivity index (χ1) is 16.4. The van der Waals surface area contributed by atoms with Crippen molar-refractivity contribution in [2.45, 2.75) is 13.5 Å². The average Bonchev–Trinajstić information content (AvgIpc) is 3.44. The Hall–Kier alpha value is -4.60. The lowest BCUT2D eigenvalue weighted by molar-refractivity contribution is 0.0994. The molecule has 0 unspecified atom stereocenters. The molecule has 0 aliphatic rings. The number of aromatic nitrogens is 5. The van der Waals surface area contributed by atoms with Gasteiger partial charge < -0.3 is 11.1 Å². The predicted octanol–water partition coefficient (Wildman–Crippen LogP) is 3.88. The molecule has 34 heavy (non-hydrogen) atoms. The number of primary amides is 1. The number of hydrogen-bond acceptors (Lipinski definition) is 5. The monoisotopic (exact) mass is 459 g/mol. The fraction of sp³-hybridized carbons (Fsp3) is 0.0833. The molecule has 0 saturated carbocycles. The Morgan fingerprint density at radius 1 is 1.03 bits per heavy atom. The van der Waals surface area contributed by atoms with Gasteiger partial charge in [0.05, 0.1) is 35.5 Å². The first kappa shape index (κ1) is 21.3. The van der Waals surface area contributed by atoms with Crippen LogP contribution >= 0.6 is 0 Å². The van der Waals surface area contributed by atoms with E-state index in [2.05, 4.69) is 20.3 Å². The molecule has 4 heterocycles. The van der Waals surface area contributed by atoms with Crippen LogP contribution in [0.2, 0.25) is 0 Å². The van der Waals surface area contributed by atoms with E-state index in [9.17, 15) is 13.6 Å². The van der Waals surface area contributed by atoms with Crippen LogP contribution in [0.3, 0.4) is 0 Å². The fourth-order valence-electron chi connectivity index (χ4n) is 3.64. The number of amides is 1. The Morgan fingerprint density at radius 2 is 1.85 bits per heavy atom. The van der Waals surface area contributed by atoms with Crippen LogP contribution in [0.25, 0.3) is 22.9 Å². The van der Waals surface area contributed by atoms with Crippen LogP contribution in [0.15, 0.2) is 67.1 Å². The molecule has 0 aliphatic heterocycles. The molecule has 0 saturated heterocycles. The van der Waals surface area contributed by atoms with E-state index in [0.717, 1.165) is 0 Å². The van der Waals surface area contributed by atoms with Crippen LogP contribution in [0.4, 0.5) is 14.5 Å². The average molecular weight is 459 g/mol. The molecule has 5 rings (SSSR count). The smallest absolute Gasteiger partial charge is 0.267 e. The number of imidazole rings is 2. The summed E-state index contributed by atoms with van der Waals surface area (Å²) >= 11 is 0. The number of pyridine rings is 2. The summed E-state index contributed by atoms with van der Waals surface area (Å²) in [6, 6.07) is 12.8. The van der Waals surface area contributed by atoms with Crippen LogP contribution < -0.4 is 11.1 Å². The largest absolute Gasteiger partial charge is 0.377 e. The van der Waals surface area contributed by atoms with Crippen molar-refractivity contribution in [1.29, 1.82) is 0 Å². The lowest BCUT2D eigenvalue weighted by Crippen LogP contribution is -2.13. The van der Waals surface area contributed by atoms with E-state index in [-0.39, 0.29) is 23.7 Å². The minimum absolute atomic E-state index is 0.232. The molecule has 0 radical (unpaired) electrons. The van der Waals surface area contributed by atoms with Crippen LogP contribution in [0.5, 0.6) is 0 Å². The van der Waals surface area contributed by atoms with Crippen molar-refractivity contribution in [3.63, 3.8) is 0 Å². The summed E-state index contributed by atoms with van der Waals surface area (Å²) in [5.41, 5.74) is 8.54. The van der Waals surface area contributed by atoms with Crippen LogP contribution in [0, 0.1) is 18.6 Å². The Bertz CT molecular complexity index is 1540. The quantitative estimate of drug-likeness (QED) is 0.401. The van der Waals surface area contributed by atoms with Crippen molar-refractivity contribution in [2.24, 2.45) is 5.73 Å². The Balaban J connectivity index is 1.60. The van der Waals surface area contributed by atoms with E-state index in [1.165, 1.54) is 18.3 Å². The summed E-state index contributed by atoms with van der Waals surface area (Å²) in [5.74, 6) is -0.952. The van der Waals surface area contributed by atoms with E-state index in [0.29, 0.717) is 34.2 Å². The van der Waals surface area contributed by atoms with Gasteiger partial charge in [-0.2, -0.15) is 0 Å². The minimum Gasteiger partial charge on any atom is -0.377 e. The first-order valence-corrected chi connectivity index (χ1v) is 10.4. The zero-order valence-corrected chi connectivity index (χ0v) is 18.0. The number of fused-ring (bicyclic) bond motifs is 1. The summed E-state index contributed by atoms with van der Waals surface area (Å²) in [7, 11) is 0. The van der Waals surface area contributed by atoms with Gasteiger partial charge in [0, 0.05) is 12.4 Å². The van der Waals surface area contributed by atoms with Crippen LogP contribution in [0.1, 0.15) is 21.9 Å². The van der Waals surface area contributed by atoms with Gasteiger partial charge in [-0.15, -0.1) is 0 Å². The highest BCUT2D eigenvalue weighted by Crippen LogP contribution is 2.24. The highest BCUT2D eigenvalue weighted by atomic mass is 19.1. The van der Waals surface area contributed by atoms with Gasteiger partial charge in [-0.3, -0.25) is 13.8 Å². The number of para-hydroxylation sites is 1. The molecule has 3 N–H and O–H groups in total. The molecule has 0 aliphatic carbocycles. The fourth-order valence-corrected chi connectivity index (χ4v) is 3.64. The number of nitrogens with zero attached hydrogens (tertiary/aromatic N) is 5. The molecule has 0 bridgehead atoms. The molecule has 4 aromatic heterocycles. The van der Waals surface area contributed by atoms with E-state index >= 15 is 0 Å². The Morgan fingerprint density at radius 3 is 2.62 bits per heavy atom. The van der Waals surface area contributed by atoms with Crippen LogP contribution in [-0.4, -0.2) is 29.8 Å². The van der Waals surface area contributed by atoms with Crippen LogP contribution in [-0.2, 0) is 6.54 Å². The highest BCUT2D eigenvalue weighted by Gasteiger charge is 2.16. The van der Waals surface area contributed by atoms with Gasteiger partial charge in [0.2, 0.25) is 0 Å². The van der Waals surface area contributed by atoms with Gasteiger partial charge in [-0.1, -0.05) is 12.1 Å². The summed E-state index contributed by atoms with van der Waals surface area (Å²) < 4.78 is 31.2. The number of nitrogens with two attached hydrogens (primary N) is 1. The molecule has 170 valence electrons. The summed E-state index contributed by atoms with van der Waals surface area (Å²) in [6.07, 6.45) is 4.88. The summed E-state index contributed by atoms with van der Waals surface area (Å²) in [5, 5.41) is 3.04. The van der Waals surface area contributed by atoms with E-state index in [1.807, 2.05) is 6.07 Å². The van der Waals surface area contributed by atoms with Gasteiger partial charge in [-0.05, 0) is 43.3 Å². The molecular formula is C24H19F2N7O. The van der Waals surface area contributed by atoms with Crippen molar-refractivity contribution in [3.8, 4) is 17.2 Å². The van der Waals surface area contributed by atoms with Crippen molar-refractivity contribution in [2.75, 3.05) is 5.32 Å².